The normalized spacial score (nSPS) is 11.6. The van der Waals surface area contributed by atoms with Crippen molar-refractivity contribution in [3.05, 3.63) is 60.2 Å². The van der Waals surface area contributed by atoms with Crippen molar-refractivity contribution in [2.45, 2.75) is 13.0 Å². The summed E-state index contributed by atoms with van der Waals surface area (Å²) in [6, 6.07) is 15.5. The third-order valence-electron chi connectivity index (χ3n) is 2.82. The molecule has 0 spiro atoms. The predicted octanol–water partition coefficient (Wildman–Crippen LogP) is 3.52. The lowest BCUT2D eigenvalue weighted by molar-refractivity contribution is -0.144. The number of hydrogen-bond acceptors (Lipinski definition) is 3. The molecule has 0 aliphatic carbocycles. The maximum atomic E-state index is 11.1. The van der Waals surface area contributed by atoms with Gasteiger partial charge in [-0.2, -0.15) is 5.26 Å². The number of carbonyl (C=O) groups excluding carboxylic acids is 1. The average molecular weight is 251 g/mol. The largest absolute Gasteiger partial charge is 0.452 e. The smallest absolute Gasteiger partial charge is 0.303 e. The summed E-state index contributed by atoms with van der Waals surface area (Å²) in [5.41, 5.74) is 0.964. The standard InChI is InChI=1S/C16H13NO2/c1-11(10-17)16(19-12(2)18)15-8-7-13-5-3-4-6-14(13)9-15/h3-9,16H,1H2,2H3. The van der Waals surface area contributed by atoms with Crippen LogP contribution in [0, 0.1) is 11.3 Å². The van der Waals surface area contributed by atoms with Gasteiger partial charge in [-0.1, -0.05) is 43.0 Å². The lowest BCUT2D eigenvalue weighted by atomic mass is 10.00. The molecule has 1 unspecified atom stereocenters. The Bertz CT molecular complexity index is 682. The number of fused-ring (bicyclic) bond motifs is 1. The van der Waals surface area contributed by atoms with Gasteiger partial charge < -0.3 is 4.74 Å². The van der Waals surface area contributed by atoms with Crippen LogP contribution in [0.1, 0.15) is 18.6 Å². The second kappa shape index (κ2) is 5.36. The van der Waals surface area contributed by atoms with Crippen molar-refractivity contribution in [3.63, 3.8) is 0 Å². The fourth-order valence-electron chi connectivity index (χ4n) is 1.94. The van der Waals surface area contributed by atoms with E-state index in [2.05, 4.69) is 6.58 Å². The molecule has 0 aliphatic rings. The fraction of sp³-hybridized carbons (Fsp3) is 0.125. The molecule has 3 heteroatoms. The van der Waals surface area contributed by atoms with Gasteiger partial charge >= 0.3 is 5.97 Å². The quantitative estimate of drug-likeness (QED) is 0.619. The molecule has 2 rings (SSSR count). The molecule has 0 heterocycles. The van der Waals surface area contributed by atoms with Crippen molar-refractivity contribution in [2.24, 2.45) is 0 Å². The summed E-state index contributed by atoms with van der Waals surface area (Å²) in [5, 5.41) is 11.1. The van der Waals surface area contributed by atoms with Crippen LogP contribution in [0.15, 0.2) is 54.6 Å². The number of nitrogens with zero attached hydrogens (tertiary/aromatic N) is 1. The van der Waals surface area contributed by atoms with E-state index in [1.54, 1.807) is 0 Å². The van der Waals surface area contributed by atoms with Crippen molar-refractivity contribution in [1.82, 2.24) is 0 Å². The molecule has 0 amide bonds. The molecule has 3 nitrogen and oxygen atoms in total. The summed E-state index contributed by atoms with van der Waals surface area (Å²) >= 11 is 0. The summed E-state index contributed by atoms with van der Waals surface area (Å²) in [4.78, 5) is 11.1. The topological polar surface area (TPSA) is 50.1 Å². The third-order valence-corrected chi connectivity index (χ3v) is 2.82. The molecule has 0 N–H and O–H groups in total. The molecule has 0 aromatic heterocycles. The zero-order chi connectivity index (χ0) is 13.8. The molecule has 0 saturated carbocycles. The Labute approximate surface area is 111 Å². The molecule has 2 aromatic rings. The first-order chi connectivity index (χ1) is 9.11. The highest BCUT2D eigenvalue weighted by atomic mass is 16.5. The maximum Gasteiger partial charge on any atom is 0.303 e. The van der Waals surface area contributed by atoms with Gasteiger partial charge in [-0.05, 0) is 22.4 Å². The number of esters is 1. The molecule has 0 fully saturated rings. The molecule has 94 valence electrons. The zero-order valence-corrected chi connectivity index (χ0v) is 10.6. The first kappa shape index (κ1) is 12.8. The first-order valence-corrected chi connectivity index (χ1v) is 5.86. The van der Waals surface area contributed by atoms with Crippen LogP contribution < -0.4 is 0 Å². The van der Waals surface area contributed by atoms with Gasteiger partial charge in [0.05, 0.1) is 11.6 Å². The Hall–Kier alpha value is -2.60. The Balaban J connectivity index is 2.47. The molecular weight excluding hydrogens is 238 g/mol. The van der Waals surface area contributed by atoms with Gasteiger partial charge in [-0.25, -0.2) is 0 Å². The molecule has 1 atom stereocenters. The maximum absolute atomic E-state index is 11.1. The Kier molecular flexibility index (Phi) is 3.63. The summed E-state index contributed by atoms with van der Waals surface area (Å²) in [5.74, 6) is -0.436. The highest BCUT2D eigenvalue weighted by Crippen LogP contribution is 2.27. The van der Waals surface area contributed by atoms with E-state index in [4.69, 9.17) is 10.00 Å². The van der Waals surface area contributed by atoms with Crippen LogP contribution in [0.4, 0.5) is 0 Å². The van der Waals surface area contributed by atoms with E-state index >= 15 is 0 Å². The molecule has 0 radical (unpaired) electrons. The van der Waals surface area contributed by atoms with Crippen LogP contribution in [0.3, 0.4) is 0 Å². The van der Waals surface area contributed by atoms with E-state index in [0.29, 0.717) is 0 Å². The van der Waals surface area contributed by atoms with E-state index in [1.807, 2.05) is 48.5 Å². The molecule has 0 saturated heterocycles. The third kappa shape index (κ3) is 2.80. The summed E-state index contributed by atoms with van der Waals surface area (Å²) in [6.45, 7) is 4.96. The van der Waals surface area contributed by atoms with Gasteiger partial charge in [-0.15, -0.1) is 0 Å². The molecule has 2 aromatic carbocycles. The minimum Gasteiger partial charge on any atom is -0.452 e. The fourth-order valence-corrected chi connectivity index (χ4v) is 1.94. The number of rotatable bonds is 3. The minimum atomic E-state index is -0.716. The lowest BCUT2D eigenvalue weighted by Gasteiger charge is -2.16. The van der Waals surface area contributed by atoms with E-state index in [-0.39, 0.29) is 5.57 Å². The number of benzene rings is 2. The van der Waals surface area contributed by atoms with Crippen molar-refractivity contribution >= 4 is 16.7 Å². The summed E-state index contributed by atoms with van der Waals surface area (Å²) < 4.78 is 5.18. The number of nitriles is 1. The Morgan fingerprint density at radius 2 is 1.95 bits per heavy atom. The van der Waals surface area contributed by atoms with Gasteiger partial charge in [0.2, 0.25) is 0 Å². The van der Waals surface area contributed by atoms with Crippen LogP contribution >= 0.6 is 0 Å². The Morgan fingerprint density at radius 1 is 1.26 bits per heavy atom. The first-order valence-electron chi connectivity index (χ1n) is 5.86. The highest BCUT2D eigenvalue weighted by Gasteiger charge is 2.18. The van der Waals surface area contributed by atoms with Crippen molar-refractivity contribution in [2.75, 3.05) is 0 Å². The number of ether oxygens (including phenoxy) is 1. The van der Waals surface area contributed by atoms with Crippen molar-refractivity contribution in [1.29, 1.82) is 5.26 Å². The van der Waals surface area contributed by atoms with Crippen molar-refractivity contribution in [3.8, 4) is 6.07 Å². The van der Waals surface area contributed by atoms with Gasteiger partial charge in [0.15, 0.2) is 6.10 Å². The monoisotopic (exact) mass is 251 g/mol. The molecule has 0 bridgehead atoms. The van der Waals surface area contributed by atoms with E-state index in [9.17, 15) is 4.79 Å². The molecular formula is C16H13NO2. The number of carbonyl (C=O) groups is 1. The van der Waals surface area contributed by atoms with E-state index in [1.165, 1.54) is 6.92 Å². The second-order valence-electron chi connectivity index (χ2n) is 4.23. The van der Waals surface area contributed by atoms with Gasteiger partial charge in [0.25, 0.3) is 0 Å². The van der Waals surface area contributed by atoms with Gasteiger partial charge in [-0.3, -0.25) is 4.79 Å². The van der Waals surface area contributed by atoms with Crippen LogP contribution in [-0.2, 0) is 9.53 Å². The Morgan fingerprint density at radius 3 is 2.58 bits per heavy atom. The lowest BCUT2D eigenvalue weighted by Crippen LogP contribution is -2.09. The predicted molar refractivity (Wildman–Crippen MR) is 73.2 cm³/mol. The SMILES string of the molecule is C=C(C#N)C(OC(C)=O)c1ccc2ccccc2c1. The average Bonchev–Trinajstić information content (AvgIpc) is 2.43. The molecule has 19 heavy (non-hydrogen) atoms. The van der Waals surface area contributed by atoms with Crippen LogP contribution in [-0.4, -0.2) is 5.97 Å². The minimum absolute atomic E-state index is 0.213. The van der Waals surface area contributed by atoms with Crippen LogP contribution in [0.5, 0.6) is 0 Å². The van der Waals surface area contributed by atoms with Crippen LogP contribution in [0.25, 0.3) is 10.8 Å². The summed E-state index contributed by atoms with van der Waals surface area (Å²) in [6.07, 6.45) is -0.716. The highest BCUT2D eigenvalue weighted by molar-refractivity contribution is 5.83. The molecule has 0 aliphatic heterocycles. The number of hydrogen-bond donors (Lipinski definition) is 0. The second-order valence-corrected chi connectivity index (χ2v) is 4.23. The van der Waals surface area contributed by atoms with E-state index < -0.39 is 12.1 Å². The van der Waals surface area contributed by atoms with Gasteiger partial charge in [0.1, 0.15) is 0 Å². The summed E-state index contributed by atoms with van der Waals surface area (Å²) in [7, 11) is 0. The van der Waals surface area contributed by atoms with Crippen molar-refractivity contribution < 1.29 is 9.53 Å². The van der Waals surface area contributed by atoms with Gasteiger partial charge in [0, 0.05) is 6.92 Å². The zero-order valence-electron chi connectivity index (χ0n) is 10.6. The van der Waals surface area contributed by atoms with E-state index in [0.717, 1.165) is 16.3 Å². The van der Waals surface area contributed by atoms with Crippen LogP contribution in [0.2, 0.25) is 0 Å².